The SMILES string of the molecule is C=C(CC)/C(=N\C(=N/CNCc1ccccn1)N[C@H](C)C1CC1)c1cccc(C(F)(F)F)n1. The Hall–Kier alpha value is -3.07. The molecule has 0 saturated heterocycles. The summed E-state index contributed by atoms with van der Waals surface area (Å²) in [5.41, 5.74) is 0.905. The fraction of sp³-hybridized carbons (Fsp3) is 0.417. The minimum absolute atomic E-state index is 0.117. The number of alkyl halides is 3. The number of nitrogens with one attached hydrogen (secondary N) is 2. The van der Waals surface area contributed by atoms with Crippen molar-refractivity contribution in [3.05, 3.63) is 71.8 Å². The summed E-state index contributed by atoms with van der Waals surface area (Å²) in [4.78, 5) is 17.2. The molecule has 2 heterocycles. The van der Waals surface area contributed by atoms with Crippen LogP contribution >= 0.6 is 0 Å². The van der Waals surface area contributed by atoms with E-state index < -0.39 is 11.9 Å². The first-order valence-electron chi connectivity index (χ1n) is 11.0. The Kier molecular flexibility index (Phi) is 8.32. The van der Waals surface area contributed by atoms with Crippen LogP contribution in [0.15, 0.2) is 64.7 Å². The summed E-state index contributed by atoms with van der Waals surface area (Å²) in [6, 6.07) is 9.60. The smallest absolute Gasteiger partial charge is 0.352 e. The molecule has 1 fully saturated rings. The molecular formula is C24H29F3N6. The van der Waals surface area contributed by atoms with Crippen LogP contribution in [-0.2, 0) is 12.7 Å². The Morgan fingerprint density at radius 2 is 2.00 bits per heavy atom. The Labute approximate surface area is 192 Å². The van der Waals surface area contributed by atoms with Gasteiger partial charge in [-0.3, -0.25) is 10.3 Å². The first-order valence-corrected chi connectivity index (χ1v) is 11.0. The topological polar surface area (TPSA) is 74.6 Å². The highest BCUT2D eigenvalue weighted by Gasteiger charge is 2.33. The number of nitrogens with zero attached hydrogens (tertiary/aromatic N) is 4. The minimum atomic E-state index is -4.54. The molecule has 2 aromatic rings. The van der Waals surface area contributed by atoms with Crippen LogP contribution in [0.3, 0.4) is 0 Å². The van der Waals surface area contributed by atoms with E-state index in [-0.39, 0.29) is 18.4 Å². The molecule has 2 N–H and O–H groups in total. The van der Waals surface area contributed by atoms with E-state index in [9.17, 15) is 13.2 Å². The van der Waals surface area contributed by atoms with Gasteiger partial charge >= 0.3 is 6.18 Å². The van der Waals surface area contributed by atoms with Gasteiger partial charge < -0.3 is 5.32 Å². The number of hydrogen-bond acceptors (Lipinski definition) is 4. The Morgan fingerprint density at radius 3 is 2.64 bits per heavy atom. The van der Waals surface area contributed by atoms with Crippen molar-refractivity contribution in [2.45, 2.75) is 51.9 Å². The highest BCUT2D eigenvalue weighted by Crippen LogP contribution is 2.32. The van der Waals surface area contributed by atoms with Crippen LogP contribution in [0.5, 0.6) is 0 Å². The van der Waals surface area contributed by atoms with E-state index in [1.807, 2.05) is 25.1 Å². The van der Waals surface area contributed by atoms with Crippen molar-refractivity contribution >= 4 is 11.7 Å². The summed E-state index contributed by atoms with van der Waals surface area (Å²) in [5.74, 6) is 0.878. The maximum absolute atomic E-state index is 13.2. The van der Waals surface area contributed by atoms with Crippen molar-refractivity contribution in [3.63, 3.8) is 0 Å². The van der Waals surface area contributed by atoms with Crippen molar-refractivity contribution in [1.82, 2.24) is 20.6 Å². The fourth-order valence-corrected chi connectivity index (χ4v) is 3.16. The number of aromatic nitrogens is 2. The molecule has 0 bridgehead atoms. The zero-order valence-electron chi connectivity index (χ0n) is 18.9. The molecule has 6 nitrogen and oxygen atoms in total. The van der Waals surface area contributed by atoms with Crippen LogP contribution in [0.1, 0.15) is 50.2 Å². The number of rotatable bonds is 9. The number of allylic oxidation sites excluding steroid dienone is 1. The summed E-state index contributed by atoms with van der Waals surface area (Å²) in [6.07, 6.45) is -0.0426. The van der Waals surface area contributed by atoms with E-state index >= 15 is 0 Å². The fourth-order valence-electron chi connectivity index (χ4n) is 3.16. The zero-order chi connectivity index (χ0) is 23.8. The van der Waals surface area contributed by atoms with Gasteiger partial charge in [0.15, 0.2) is 0 Å². The minimum Gasteiger partial charge on any atom is -0.352 e. The van der Waals surface area contributed by atoms with Crippen molar-refractivity contribution in [2.24, 2.45) is 15.9 Å². The van der Waals surface area contributed by atoms with Gasteiger partial charge in [0.2, 0.25) is 5.96 Å². The Morgan fingerprint density at radius 1 is 1.21 bits per heavy atom. The Balaban J connectivity index is 1.86. The highest BCUT2D eigenvalue weighted by molar-refractivity contribution is 6.15. The molecule has 1 saturated carbocycles. The number of halogens is 3. The van der Waals surface area contributed by atoms with E-state index in [0.29, 0.717) is 36.1 Å². The third kappa shape index (κ3) is 7.49. The van der Waals surface area contributed by atoms with Gasteiger partial charge in [-0.25, -0.2) is 15.0 Å². The van der Waals surface area contributed by atoms with Gasteiger partial charge in [-0.05, 0) is 61.9 Å². The third-order valence-corrected chi connectivity index (χ3v) is 5.32. The van der Waals surface area contributed by atoms with Gasteiger partial charge in [0.1, 0.15) is 5.69 Å². The summed E-state index contributed by atoms with van der Waals surface area (Å²) < 4.78 is 39.6. The molecule has 9 heteroatoms. The van der Waals surface area contributed by atoms with Crippen molar-refractivity contribution in [2.75, 3.05) is 6.67 Å². The quantitative estimate of drug-likeness (QED) is 0.323. The lowest BCUT2D eigenvalue weighted by molar-refractivity contribution is -0.141. The monoisotopic (exact) mass is 458 g/mol. The summed E-state index contributed by atoms with van der Waals surface area (Å²) in [7, 11) is 0. The van der Waals surface area contributed by atoms with E-state index in [1.54, 1.807) is 6.20 Å². The molecule has 2 aromatic heterocycles. The maximum atomic E-state index is 13.2. The molecule has 3 rings (SSSR count). The summed E-state index contributed by atoms with van der Waals surface area (Å²) >= 11 is 0. The summed E-state index contributed by atoms with van der Waals surface area (Å²) in [5, 5.41) is 6.51. The molecule has 0 aromatic carbocycles. The predicted octanol–water partition coefficient (Wildman–Crippen LogP) is 4.74. The normalized spacial score (nSPS) is 15.9. The van der Waals surface area contributed by atoms with Crippen LogP contribution in [0, 0.1) is 5.92 Å². The second kappa shape index (κ2) is 11.2. The second-order valence-electron chi connectivity index (χ2n) is 7.98. The van der Waals surface area contributed by atoms with E-state index in [2.05, 4.69) is 44.1 Å². The first kappa shape index (κ1) is 24.6. The standard InChI is InChI=1S/C24H29F3N6/c1-4-16(2)22(20-9-7-10-21(32-20)24(25,26)27)33-23(31-17(3)18-11-12-18)30-15-28-14-19-8-5-6-13-29-19/h5-10,13,17-18,28H,2,4,11-12,14-15H2,1,3H3,(H,30,31)/b33-22+/t17-/m1/s1. The van der Waals surface area contributed by atoms with Gasteiger partial charge in [-0.1, -0.05) is 25.6 Å². The molecule has 0 amide bonds. The average molecular weight is 459 g/mol. The maximum Gasteiger partial charge on any atom is 0.433 e. The van der Waals surface area contributed by atoms with Crippen LogP contribution < -0.4 is 10.6 Å². The molecule has 33 heavy (non-hydrogen) atoms. The van der Waals surface area contributed by atoms with Crippen molar-refractivity contribution in [1.29, 1.82) is 0 Å². The number of pyridine rings is 2. The van der Waals surface area contributed by atoms with Gasteiger partial charge in [-0.2, -0.15) is 13.2 Å². The molecule has 176 valence electrons. The molecule has 1 aliphatic carbocycles. The number of hydrogen-bond donors (Lipinski definition) is 2. The largest absolute Gasteiger partial charge is 0.433 e. The molecule has 0 radical (unpaired) electrons. The third-order valence-electron chi connectivity index (χ3n) is 5.32. The van der Waals surface area contributed by atoms with Crippen LogP contribution in [0.2, 0.25) is 0 Å². The lowest BCUT2D eigenvalue weighted by Crippen LogP contribution is -2.35. The lowest BCUT2D eigenvalue weighted by Gasteiger charge is -2.16. The number of aliphatic imine (C=N–C) groups is 2. The van der Waals surface area contributed by atoms with E-state index in [4.69, 9.17) is 0 Å². The second-order valence-corrected chi connectivity index (χ2v) is 7.98. The van der Waals surface area contributed by atoms with Gasteiger partial charge in [-0.15, -0.1) is 0 Å². The first-order chi connectivity index (χ1) is 15.8. The molecule has 0 spiro atoms. The molecule has 0 aliphatic heterocycles. The van der Waals surface area contributed by atoms with Crippen LogP contribution in [0.25, 0.3) is 0 Å². The zero-order valence-corrected chi connectivity index (χ0v) is 18.9. The van der Waals surface area contributed by atoms with E-state index in [1.165, 1.54) is 12.1 Å². The number of guanidine groups is 1. The predicted molar refractivity (Wildman–Crippen MR) is 124 cm³/mol. The van der Waals surface area contributed by atoms with Crippen LogP contribution in [0.4, 0.5) is 13.2 Å². The molecular weight excluding hydrogens is 429 g/mol. The summed E-state index contributed by atoms with van der Waals surface area (Å²) in [6.45, 7) is 8.72. The van der Waals surface area contributed by atoms with Gasteiger partial charge in [0.05, 0.1) is 23.8 Å². The average Bonchev–Trinajstić information content (AvgIpc) is 3.65. The molecule has 1 atom stereocenters. The van der Waals surface area contributed by atoms with Gasteiger partial charge in [0, 0.05) is 18.8 Å². The lowest BCUT2D eigenvalue weighted by atomic mass is 10.1. The van der Waals surface area contributed by atoms with Gasteiger partial charge in [0.25, 0.3) is 0 Å². The highest BCUT2D eigenvalue weighted by atomic mass is 19.4. The van der Waals surface area contributed by atoms with E-state index in [0.717, 1.165) is 24.6 Å². The Bertz CT molecular complexity index is 997. The molecule has 1 aliphatic rings. The van der Waals surface area contributed by atoms with Crippen molar-refractivity contribution < 1.29 is 13.2 Å². The van der Waals surface area contributed by atoms with Crippen LogP contribution in [-0.4, -0.2) is 34.3 Å². The van der Waals surface area contributed by atoms with Crippen molar-refractivity contribution in [3.8, 4) is 0 Å². The molecule has 0 unspecified atom stereocenters.